The molecule has 0 fully saturated rings. The van der Waals surface area contributed by atoms with Crippen LogP contribution in [-0.2, 0) is 10.8 Å². The van der Waals surface area contributed by atoms with Gasteiger partial charge in [0.1, 0.15) is 0 Å². The molecular formula is C34H36N2. The average Bonchev–Trinajstić information content (AvgIpc) is 3.19. The smallest absolute Gasteiger partial charge is 0.0447 e. The first-order valence-electron chi connectivity index (χ1n) is 12.8. The van der Waals surface area contributed by atoms with Crippen molar-refractivity contribution in [3.05, 3.63) is 131 Å². The number of para-hydroxylation sites is 2. The number of fused-ring (bicyclic) bond motifs is 2. The predicted octanol–water partition coefficient (Wildman–Crippen LogP) is 8.34. The molecule has 2 heterocycles. The number of likely N-dealkylation sites (N-methyl/N-ethyl adjacent to an activating group) is 2. The van der Waals surface area contributed by atoms with Crippen molar-refractivity contribution >= 4 is 23.5 Å². The molecule has 3 aromatic rings. The summed E-state index contributed by atoms with van der Waals surface area (Å²) in [5.41, 5.74) is 10.4. The number of allylic oxidation sites excluding steroid dienone is 6. The summed E-state index contributed by atoms with van der Waals surface area (Å²) in [7, 11) is 4.33. The van der Waals surface area contributed by atoms with Crippen LogP contribution in [0.4, 0.5) is 11.4 Å². The average molecular weight is 473 g/mol. The Kier molecular flexibility index (Phi) is 6.00. The summed E-state index contributed by atoms with van der Waals surface area (Å²) in [6.07, 6.45) is 13.3. The van der Waals surface area contributed by atoms with Gasteiger partial charge >= 0.3 is 0 Å². The van der Waals surface area contributed by atoms with E-state index in [-0.39, 0.29) is 10.8 Å². The van der Waals surface area contributed by atoms with Crippen molar-refractivity contribution in [2.45, 2.75) is 38.5 Å². The SMILES string of the molecule is CN1C(=CC=Cc2ccccc2C=CC=C2N(C)c3ccccc3C2(C)C)C(C)(C)c2ccccc21. The summed E-state index contributed by atoms with van der Waals surface area (Å²) in [5, 5.41) is 0. The zero-order valence-corrected chi connectivity index (χ0v) is 22.3. The normalized spacial score (nSPS) is 20.2. The third kappa shape index (κ3) is 3.91. The van der Waals surface area contributed by atoms with Crippen LogP contribution in [0.25, 0.3) is 12.2 Å². The molecule has 2 aliphatic rings. The molecule has 2 aliphatic heterocycles. The lowest BCUT2D eigenvalue weighted by Crippen LogP contribution is -2.22. The quantitative estimate of drug-likeness (QED) is 0.376. The lowest BCUT2D eigenvalue weighted by molar-refractivity contribution is 0.640. The Hall–Kier alpha value is -3.78. The molecule has 0 unspecified atom stereocenters. The topological polar surface area (TPSA) is 6.48 Å². The van der Waals surface area contributed by atoms with Gasteiger partial charge in [-0.15, -0.1) is 0 Å². The lowest BCUT2D eigenvalue weighted by Gasteiger charge is -2.23. The predicted molar refractivity (Wildman–Crippen MR) is 156 cm³/mol. The van der Waals surface area contributed by atoms with Gasteiger partial charge in [-0.1, -0.05) is 113 Å². The zero-order valence-electron chi connectivity index (χ0n) is 22.3. The standard InChI is InChI=1S/C34H36N2/c1-33(2)27-19-9-11-21-29(27)35(5)31(33)23-13-17-25-15-7-8-16-26(25)18-14-24-32-34(3,4)28-20-10-12-22-30(28)36(32)6/h7-24H,1-6H3. The van der Waals surface area contributed by atoms with Crippen LogP contribution < -0.4 is 9.80 Å². The second-order valence-electron chi connectivity index (χ2n) is 10.9. The fourth-order valence-electron chi connectivity index (χ4n) is 5.90. The molecule has 2 heteroatoms. The number of anilines is 2. The molecule has 0 spiro atoms. The number of nitrogens with zero attached hydrogens (tertiary/aromatic N) is 2. The summed E-state index contributed by atoms with van der Waals surface area (Å²) >= 11 is 0. The van der Waals surface area contributed by atoms with Crippen LogP contribution >= 0.6 is 0 Å². The Labute approximate surface area is 216 Å². The van der Waals surface area contributed by atoms with Crippen molar-refractivity contribution in [1.29, 1.82) is 0 Å². The monoisotopic (exact) mass is 472 g/mol. The fourth-order valence-corrected chi connectivity index (χ4v) is 5.90. The van der Waals surface area contributed by atoms with E-state index in [4.69, 9.17) is 0 Å². The van der Waals surface area contributed by atoms with Gasteiger partial charge in [0, 0.05) is 47.7 Å². The molecule has 5 rings (SSSR count). The molecular weight excluding hydrogens is 436 g/mol. The maximum Gasteiger partial charge on any atom is 0.0447 e. The van der Waals surface area contributed by atoms with Crippen molar-refractivity contribution in [3.8, 4) is 0 Å². The van der Waals surface area contributed by atoms with Crippen molar-refractivity contribution in [3.63, 3.8) is 0 Å². The van der Waals surface area contributed by atoms with Crippen LogP contribution in [-0.4, -0.2) is 14.1 Å². The van der Waals surface area contributed by atoms with E-state index in [1.807, 2.05) is 0 Å². The number of hydrogen-bond acceptors (Lipinski definition) is 2. The number of benzene rings is 3. The molecule has 182 valence electrons. The van der Waals surface area contributed by atoms with Gasteiger partial charge in [0.15, 0.2) is 0 Å². The first-order valence-corrected chi connectivity index (χ1v) is 12.8. The maximum absolute atomic E-state index is 2.32. The van der Waals surface area contributed by atoms with Gasteiger partial charge in [0.25, 0.3) is 0 Å². The van der Waals surface area contributed by atoms with Crippen LogP contribution in [0.15, 0.2) is 108 Å². The molecule has 0 saturated carbocycles. The van der Waals surface area contributed by atoms with E-state index in [0.717, 1.165) is 0 Å². The summed E-state index contributed by atoms with van der Waals surface area (Å²) in [6.45, 7) is 9.22. The van der Waals surface area contributed by atoms with Gasteiger partial charge in [-0.25, -0.2) is 0 Å². The highest BCUT2D eigenvalue weighted by Crippen LogP contribution is 2.47. The molecule has 0 atom stereocenters. The first-order chi connectivity index (χ1) is 17.2. The highest BCUT2D eigenvalue weighted by molar-refractivity contribution is 5.73. The van der Waals surface area contributed by atoms with Gasteiger partial charge in [-0.3, -0.25) is 0 Å². The minimum atomic E-state index is -0.0149. The van der Waals surface area contributed by atoms with Crippen molar-refractivity contribution < 1.29 is 0 Å². The Bertz CT molecular complexity index is 1310. The molecule has 0 saturated heterocycles. The van der Waals surface area contributed by atoms with Gasteiger partial charge in [-0.2, -0.15) is 0 Å². The van der Waals surface area contributed by atoms with E-state index in [9.17, 15) is 0 Å². The third-order valence-corrected chi connectivity index (χ3v) is 7.94. The molecule has 0 amide bonds. The van der Waals surface area contributed by atoms with Gasteiger partial charge in [0.2, 0.25) is 0 Å². The molecule has 36 heavy (non-hydrogen) atoms. The number of hydrogen-bond donors (Lipinski definition) is 0. The lowest BCUT2D eigenvalue weighted by atomic mass is 9.83. The molecule has 0 aromatic heterocycles. The van der Waals surface area contributed by atoms with Gasteiger partial charge in [-0.05, 0) is 46.5 Å². The molecule has 2 nitrogen and oxygen atoms in total. The molecule has 3 aromatic carbocycles. The minimum absolute atomic E-state index is 0.0149. The van der Waals surface area contributed by atoms with Gasteiger partial charge in [0.05, 0.1) is 0 Å². The molecule has 0 radical (unpaired) electrons. The van der Waals surface area contributed by atoms with E-state index >= 15 is 0 Å². The maximum atomic E-state index is 2.32. The Morgan fingerprint density at radius 3 is 1.28 bits per heavy atom. The summed E-state index contributed by atoms with van der Waals surface area (Å²) in [5.74, 6) is 0. The Morgan fingerprint density at radius 2 is 0.889 bits per heavy atom. The van der Waals surface area contributed by atoms with Crippen LogP contribution in [0, 0.1) is 0 Å². The van der Waals surface area contributed by atoms with Crippen molar-refractivity contribution in [1.82, 2.24) is 0 Å². The van der Waals surface area contributed by atoms with Crippen LogP contribution in [0.2, 0.25) is 0 Å². The minimum Gasteiger partial charge on any atom is -0.347 e. The highest BCUT2D eigenvalue weighted by Gasteiger charge is 2.38. The fraction of sp³-hybridized carbons (Fsp3) is 0.235. The molecule has 0 bridgehead atoms. The van der Waals surface area contributed by atoms with Crippen LogP contribution in [0.1, 0.15) is 49.9 Å². The van der Waals surface area contributed by atoms with Gasteiger partial charge < -0.3 is 9.80 Å². The van der Waals surface area contributed by atoms with E-state index in [0.29, 0.717) is 0 Å². The second kappa shape index (κ2) is 9.02. The summed E-state index contributed by atoms with van der Waals surface area (Å²) in [4.78, 5) is 4.63. The van der Waals surface area contributed by atoms with Crippen molar-refractivity contribution in [2.24, 2.45) is 0 Å². The second-order valence-corrected chi connectivity index (χ2v) is 10.9. The first kappa shape index (κ1) is 23.9. The van der Waals surface area contributed by atoms with Crippen molar-refractivity contribution in [2.75, 3.05) is 23.9 Å². The van der Waals surface area contributed by atoms with E-state index < -0.39 is 0 Å². The summed E-state index contributed by atoms with van der Waals surface area (Å²) < 4.78 is 0. The molecule has 0 N–H and O–H groups in total. The Morgan fingerprint density at radius 1 is 0.528 bits per heavy atom. The third-order valence-electron chi connectivity index (χ3n) is 7.94. The van der Waals surface area contributed by atoms with E-state index in [1.54, 1.807) is 0 Å². The van der Waals surface area contributed by atoms with E-state index in [2.05, 4.69) is 161 Å². The van der Waals surface area contributed by atoms with Crippen LogP contribution in [0.5, 0.6) is 0 Å². The largest absolute Gasteiger partial charge is 0.347 e. The highest BCUT2D eigenvalue weighted by atomic mass is 15.2. The summed E-state index contributed by atoms with van der Waals surface area (Å²) in [6, 6.07) is 26.0. The molecule has 0 aliphatic carbocycles. The number of rotatable bonds is 4. The zero-order chi connectivity index (χ0) is 25.5. The van der Waals surface area contributed by atoms with E-state index in [1.165, 1.54) is 45.0 Å². The van der Waals surface area contributed by atoms with Crippen LogP contribution in [0.3, 0.4) is 0 Å². The Balaban J connectivity index is 1.39.